The fourth-order valence-corrected chi connectivity index (χ4v) is 2.00. The molecule has 2 heterocycles. The van der Waals surface area contributed by atoms with Crippen LogP contribution < -0.4 is 5.32 Å². The van der Waals surface area contributed by atoms with Gasteiger partial charge in [0.2, 0.25) is 0 Å². The van der Waals surface area contributed by atoms with Crippen molar-refractivity contribution in [1.29, 1.82) is 0 Å². The third-order valence-electron chi connectivity index (χ3n) is 3.37. The Hall–Kier alpha value is -2.64. The first-order chi connectivity index (χ1) is 10.3. The van der Waals surface area contributed by atoms with Crippen molar-refractivity contribution in [3.63, 3.8) is 0 Å². The number of nitrogens with zero attached hydrogens (tertiary/aromatic N) is 3. The van der Waals surface area contributed by atoms with Gasteiger partial charge in [0.15, 0.2) is 11.4 Å². The summed E-state index contributed by atoms with van der Waals surface area (Å²) in [5.41, 5.74) is -0.556. The average Bonchev–Trinajstić information content (AvgIpc) is 3.07. The van der Waals surface area contributed by atoms with Gasteiger partial charge in [-0.25, -0.2) is 14.8 Å². The number of imidazole rings is 2. The number of carboxylic acid groups (broad SMARTS) is 1. The Bertz CT molecular complexity index is 654. The Balaban J connectivity index is 2.18. The maximum Gasteiger partial charge on any atom is 0.354 e. The minimum Gasteiger partial charge on any atom is -0.477 e. The second kappa shape index (κ2) is 6.00. The summed E-state index contributed by atoms with van der Waals surface area (Å²) in [4.78, 5) is 33.6. The smallest absolute Gasteiger partial charge is 0.354 e. The van der Waals surface area contributed by atoms with Gasteiger partial charge < -0.3 is 20.0 Å². The first-order valence-corrected chi connectivity index (χ1v) is 6.82. The van der Waals surface area contributed by atoms with E-state index in [1.54, 1.807) is 12.5 Å². The molecular weight excluding hydrogens is 286 g/mol. The maximum absolute atomic E-state index is 12.3. The fourth-order valence-electron chi connectivity index (χ4n) is 2.00. The summed E-state index contributed by atoms with van der Waals surface area (Å²) in [6.07, 6.45) is 6.34. The highest BCUT2D eigenvalue weighted by Crippen LogP contribution is 2.21. The predicted molar refractivity (Wildman–Crippen MR) is 78.5 cm³/mol. The number of H-pyrrole nitrogens is 1. The molecule has 2 rings (SSSR count). The Kier molecular flexibility index (Phi) is 4.30. The lowest BCUT2D eigenvalue weighted by Gasteiger charge is -2.31. The van der Waals surface area contributed by atoms with Crippen molar-refractivity contribution in [3.05, 3.63) is 36.4 Å². The Morgan fingerprint density at radius 3 is 2.73 bits per heavy atom. The van der Waals surface area contributed by atoms with Crippen molar-refractivity contribution in [1.82, 2.24) is 24.8 Å². The van der Waals surface area contributed by atoms with E-state index in [0.29, 0.717) is 6.54 Å². The van der Waals surface area contributed by atoms with E-state index in [0.717, 1.165) is 0 Å². The SMILES string of the molecule is CC(C)(C)[C@H](Cn1ccnc1)NC(=O)c1nc[nH]c1C(=O)O. The molecule has 0 aliphatic heterocycles. The van der Waals surface area contributed by atoms with Crippen LogP contribution in [0.15, 0.2) is 25.0 Å². The summed E-state index contributed by atoms with van der Waals surface area (Å²) in [6, 6.07) is -0.215. The van der Waals surface area contributed by atoms with Gasteiger partial charge in [0.1, 0.15) is 0 Å². The van der Waals surface area contributed by atoms with Crippen molar-refractivity contribution in [3.8, 4) is 0 Å². The van der Waals surface area contributed by atoms with E-state index in [-0.39, 0.29) is 22.8 Å². The number of aromatic carboxylic acids is 1. The molecule has 0 aliphatic carbocycles. The van der Waals surface area contributed by atoms with E-state index in [4.69, 9.17) is 5.11 Å². The highest BCUT2D eigenvalue weighted by atomic mass is 16.4. The zero-order valence-corrected chi connectivity index (χ0v) is 12.7. The second-order valence-corrected chi connectivity index (χ2v) is 6.08. The lowest BCUT2D eigenvalue weighted by Crippen LogP contribution is -2.46. The molecule has 2 aromatic rings. The minimum absolute atomic E-state index is 0.118. The van der Waals surface area contributed by atoms with Crippen molar-refractivity contribution < 1.29 is 14.7 Å². The number of aromatic amines is 1. The highest BCUT2D eigenvalue weighted by molar-refractivity contribution is 6.02. The molecule has 3 N–H and O–H groups in total. The number of amides is 1. The summed E-state index contributed by atoms with van der Waals surface area (Å²) in [5.74, 6) is -1.73. The van der Waals surface area contributed by atoms with Crippen LogP contribution in [0.1, 0.15) is 41.7 Å². The van der Waals surface area contributed by atoms with Gasteiger partial charge in [-0.2, -0.15) is 0 Å². The third-order valence-corrected chi connectivity index (χ3v) is 3.37. The third kappa shape index (κ3) is 3.51. The normalized spacial score (nSPS) is 12.9. The van der Waals surface area contributed by atoms with Crippen LogP contribution in [-0.4, -0.2) is 42.5 Å². The Labute approximate surface area is 127 Å². The zero-order chi connectivity index (χ0) is 16.3. The largest absolute Gasteiger partial charge is 0.477 e. The molecule has 0 spiro atoms. The molecule has 8 nitrogen and oxygen atoms in total. The fraction of sp³-hybridized carbons (Fsp3) is 0.429. The standard InChI is InChI=1S/C14H19N5O3/c1-14(2,3)9(6-19-5-4-15-8-19)18-12(20)10-11(13(21)22)17-7-16-10/h4-5,7-9H,6H2,1-3H3,(H,16,17)(H,18,20)(H,21,22)/t9-/m0/s1. The molecule has 1 atom stereocenters. The molecular formula is C14H19N5O3. The number of carboxylic acids is 1. The van der Waals surface area contributed by atoms with E-state index in [1.165, 1.54) is 6.33 Å². The number of carbonyl (C=O) groups excluding carboxylic acids is 1. The highest BCUT2D eigenvalue weighted by Gasteiger charge is 2.29. The number of carbonyl (C=O) groups is 2. The lowest BCUT2D eigenvalue weighted by atomic mass is 9.86. The van der Waals surface area contributed by atoms with Gasteiger partial charge in [0.05, 0.1) is 18.7 Å². The molecule has 118 valence electrons. The van der Waals surface area contributed by atoms with E-state index >= 15 is 0 Å². The number of nitrogens with one attached hydrogen (secondary N) is 2. The molecule has 0 radical (unpaired) electrons. The molecule has 0 unspecified atom stereocenters. The molecule has 0 fully saturated rings. The lowest BCUT2D eigenvalue weighted by molar-refractivity contribution is 0.0683. The summed E-state index contributed by atoms with van der Waals surface area (Å²) in [6.45, 7) is 6.52. The summed E-state index contributed by atoms with van der Waals surface area (Å²) in [5, 5.41) is 11.9. The molecule has 0 bridgehead atoms. The summed E-state index contributed by atoms with van der Waals surface area (Å²) in [7, 11) is 0. The molecule has 22 heavy (non-hydrogen) atoms. The van der Waals surface area contributed by atoms with Crippen molar-refractivity contribution in [2.45, 2.75) is 33.4 Å². The van der Waals surface area contributed by atoms with E-state index < -0.39 is 11.9 Å². The maximum atomic E-state index is 12.3. The Morgan fingerprint density at radius 2 is 2.18 bits per heavy atom. The van der Waals surface area contributed by atoms with Crippen LogP contribution in [0.2, 0.25) is 0 Å². The van der Waals surface area contributed by atoms with Gasteiger partial charge >= 0.3 is 5.97 Å². The topological polar surface area (TPSA) is 113 Å². The molecule has 0 aromatic carbocycles. The first-order valence-electron chi connectivity index (χ1n) is 6.82. The van der Waals surface area contributed by atoms with Crippen LogP contribution in [-0.2, 0) is 6.54 Å². The molecule has 2 aromatic heterocycles. The van der Waals surface area contributed by atoms with Crippen LogP contribution >= 0.6 is 0 Å². The molecule has 1 amide bonds. The quantitative estimate of drug-likeness (QED) is 0.767. The van der Waals surface area contributed by atoms with Gasteiger partial charge in [-0.1, -0.05) is 20.8 Å². The van der Waals surface area contributed by atoms with E-state index in [1.807, 2.05) is 31.5 Å². The van der Waals surface area contributed by atoms with Crippen molar-refractivity contribution in [2.24, 2.45) is 5.41 Å². The van der Waals surface area contributed by atoms with E-state index in [2.05, 4.69) is 20.3 Å². The van der Waals surface area contributed by atoms with Crippen molar-refractivity contribution in [2.75, 3.05) is 0 Å². The average molecular weight is 305 g/mol. The van der Waals surface area contributed by atoms with Gasteiger partial charge in [0, 0.05) is 18.9 Å². The number of hydrogen-bond acceptors (Lipinski definition) is 4. The van der Waals surface area contributed by atoms with Crippen LogP contribution in [0.4, 0.5) is 0 Å². The van der Waals surface area contributed by atoms with Gasteiger partial charge in [-0.3, -0.25) is 4.79 Å². The van der Waals surface area contributed by atoms with Crippen molar-refractivity contribution >= 4 is 11.9 Å². The summed E-state index contributed by atoms with van der Waals surface area (Å²) >= 11 is 0. The minimum atomic E-state index is -1.22. The van der Waals surface area contributed by atoms with Crippen LogP contribution in [0.3, 0.4) is 0 Å². The summed E-state index contributed by atoms with van der Waals surface area (Å²) < 4.78 is 1.86. The molecule has 0 aliphatic rings. The predicted octanol–water partition coefficient (Wildman–Crippen LogP) is 1.15. The first kappa shape index (κ1) is 15.7. The monoisotopic (exact) mass is 305 g/mol. The Morgan fingerprint density at radius 1 is 1.45 bits per heavy atom. The number of aromatic nitrogens is 4. The molecule has 0 saturated carbocycles. The van der Waals surface area contributed by atoms with E-state index in [9.17, 15) is 9.59 Å². The number of rotatable bonds is 5. The van der Waals surface area contributed by atoms with Gasteiger partial charge in [-0.05, 0) is 5.41 Å². The molecule has 8 heteroatoms. The van der Waals surface area contributed by atoms with Gasteiger partial charge in [-0.15, -0.1) is 0 Å². The van der Waals surface area contributed by atoms with Crippen LogP contribution in [0.5, 0.6) is 0 Å². The second-order valence-electron chi connectivity index (χ2n) is 6.08. The molecule has 0 saturated heterocycles. The van der Waals surface area contributed by atoms with Crippen LogP contribution in [0, 0.1) is 5.41 Å². The number of hydrogen-bond donors (Lipinski definition) is 3. The zero-order valence-electron chi connectivity index (χ0n) is 12.7. The van der Waals surface area contributed by atoms with Gasteiger partial charge in [0.25, 0.3) is 5.91 Å². The van der Waals surface area contributed by atoms with Crippen LogP contribution in [0.25, 0.3) is 0 Å².